The first-order valence-corrected chi connectivity index (χ1v) is 12.4. The molecule has 0 spiro atoms. The van der Waals surface area contributed by atoms with E-state index >= 15 is 0 Å². The fraction of sp³-hybridized carbons (Fsp3) is 0.741. The van der Waals surface area contributed by atoms with Crippen LogP contribution < -0.4 is 0 Å². The summed E-state index contributed by atoms with van der Waals surface area (Å²) < 4.78 is 28.8. The van der Waals surface area contributed by atoms with Crippen molar-refractivity contribution in [3.05, 3.63) is 24.3 Å². The van der Waals surface area contributed by atoms with Gasteiger partial charge in [-0.3, -0.25) is 0 Å². The minimum absolute atomic E-state index is 0.143. The Bertz CT molecular complexity index is 780. The Morgan fingerprint density at radius 3 is 1.83 bits per heavy atom. The highest BCUT2D eigenvalue weighted by molar-refractivity contribution is 5.94. The van der Waals surface area contributed by atoms with E-state index in [-0.39, 0.29) is 13.0 Å². The van der Waals surface area contributed by atoms with Crippen LogP contribution >= 0.6 is 0 Å². The molecule has 1 aliphatic heterocycles. The molecule has 1 saturated heterocycles. The number of ether oxygens (including phenoxy) is 5. The van der Waals surface area contributed by atoms with Gasteiger partial charge < -0.3 is 23.7 Å². The van der Waals surface area contributed by atoms with Crippen LogP contribution in [0.25, 0.3) is 0 Å². The molecule has 2 amide bonds. The third-order valence-corrected chi connectivity index (χ3v) is 4.93. The van der Waals surface area contributed by atoms with Crippen molar-refractivity contribution in [2.24, 2.45) is 0 Å². The molecule has 0 aromatic heterocycles. The number of carbonyl (C=O) groups excluding carboxylic acids is 3. The summed E-state index contributed by atoms with van der Waals surface area (Å²) in [4.78, 5) is 40.3. The molecule has 4 atom stereocenters. The number of imide groups is 1. The Balaban J connectivity index is 3.33. The van der Waals surface area contributed by atoms with Gasteiger partial charge in [-0.05, 0) is 81.6 Å². The van der Waals surface area contributed by atoms with Crippen LogP contribution in [-0.4, -0.2) is 71.8 Å². The molecule has 1 heterocycles. The Labute approximate surface area is 216 Å². The molecule has 0 unspecified atom stereocenters. The molecule has 206 valence electrons. The maximum atomic E-state index is 13.4. The lowest BCUT2D eigenvalue weighted by Crippen LogP contribution is -2.53. The monoisotopic (exact) mass is 511 g/mol. The fourth-order valence-electron chi connectivity index (χ4n) is 3.52. The van der Waals surface area contributed by atoms with Crippen LogP contribution in [0.5, 0.6) is 0 Å². The van der Waals surface area contributed by atoms with Gasteiger partial charge in [0.15, 0.2) is 0 Å². The zero-order chi connectivity index (χ0) is 27.8. The van der Waals surface area contributed by atoms with Crippen LogP contribution in [0, 0.1) is 0 Å². The summed E-state index contributed by atoms with van der Waals surface area (Å²) in [5.41, 5.74) is -0.130. The summed E-state index contributed by atoms with van der Waals surface area (Å²) in [5, 5.41) is 0. The summed E-state index contributed by atoms with van der Waals surface area (Å²) in [6.07, 6.45) is -2.58. The third-order valence-electron chi connectivity index (χ3n) is 4.93. The highest BCUT2D eigenvalue weighted by atomic mass is 16.6. The van der Waals surface area contributed by atoms with Crippen LogP contribution in [0.2, 0.25) is 0 Å². The van der Waals surface area contributed by atoms with Gasteiger partial charge in [0.1, 0.15) is 29.5 Å². The summed E-state index contributed by atoms with van der Waals surface area (Å²) in [6, 6.07) is -1.24. The molecular formula is C27H45NO8. The van der Waals surface area contributed by atoms with Gasteiger partial charge in [-0.25, -0.2) is 14.4 Å². The Kier molecular flexibility index (Phi) is 11.6. The third kappa shape index (κ3) is 11.1. The predicted molar refractivity (Wildman–Crippen MR) is 137 cm³/mol. The minimum Gasteiger partial charge on any atom is -0.458 e. The van der Waals surface area contributed by atoms with E-state index in [9.17, 15) is 14.4 Å². The largest absolute Gasteiger partial charge is 0.458 e. The number of esters is 1. The zero-order valence-corrected chi connectivity index (χ0v) is 23.5. The topological polar surface area (TPSA) is 101 Å². The van der Waals surface area contributed by atoms with Gasteiger partial charge in [-0.15, -0.1) is 0 Å². The van der Waals surface area contributed by atoms with Gasteiger partial charge in [-0.2, -0.15) is 4.90 Å². The minimum atomic E-state index is -1.24. The van der Waals surface area contributed by atoms with E-state index in [1.54, 1.807) is 48.5 Å². The van der Waals surface area contributed by atoms with Crippen molar-refractivity contribution in [3.8, 4) is 0 Å². The van der Waals surface area contributed by atoms with Crippen molar-refractivity contribution in [2.45, 2.75) is 117 Å². The maximum absolute atomic E-state index is 13.4. The van der Waals surface area contributed by atoms with E-state index in [0.717, 1.165) is 16.0 Å². The van der Waals surface area contributed by atoms with E-state index in [1.807, 2.05) is 13.8 Å². The highest BCUT2D eigenvalue weighted by Crippen LogP contribution is 2.26. The number of rotatable bonds is 7. The Morgan fingerprint density at radius 2 is 1.39 bits per heavy atom. The Morgan fingerprint density at radius 1 is 0.917 bits per heavy atom. The van der Waals surface area contributed by atoms with Crippen molar-refractivity contribution in [1.82, 2.24) is 4.90 Å². The second-order valence-corrected chi connectivity index (χ2v) is 11.5. The molecule has 9 nitrogen and oxygen atoms in total. The summed E-state index contributed by atoms with van der Waals surface area (Å²) in [5.74, 6) is -0.747. The summed E-state index contributed by atoms with van der Waals surface area (Å²) in [7, 11) is 0. The molecule has 0 N–H and O–H groups in total. The van der Waals surface area contributed by atoms with Crippen LogP contribution in [-0.2, 0) is 28.5 Å². The average Bonchev–Trinajstić information content (AvgIpc) is 2.71. The first-order valence-electron chi connectivity index (χ1n) is 12.4. The standard InChI is InChI=1S/C27H45NO8/c1-17(2)15-32-21-14-12-13-20(23(29)34-19(5)22(21)33-16-18(3)4)28(24(30)35-26(6,7)8)25(31)36-27(9,10)11/h19-22H,1,3,12-16H2,2,4-11H3/t19-,20-,21-,22-/m0/s1. The number of cyclic esters (lactones) is 1. The maximum Gasteiger partial charge on any atom is 0.420 e. The first kappa shape index (κ1) is 31.6. The van der Waals surface area contributed by atoms with Crippen molar-refractivity contribution in [1.29, 1.82) is 0 Å². The summed E-state index contributed by atoms with van der Waals surface area (Å²) >= 11 is 0. The first-order chi connectivity index (χ1) is 16.4. The molecule has 0 bridgehead atoms. The van der Waals surface area contributed by atoms with Crippen molar-refractivity contribution < 1.29 is 38.1 Å². The van der Waals surface area contributed by atoms with E-state index in [2.05, 4.69) is 13.2 Å². The van der Waals surface area contributed by atoms with Crippen molar-refractivity contribution >= 4 is 18.2 Å². The molecule has 9 heteroatoms. The SMILES string of the molecule is C=C(C)CO[C@H]1[C@H](C)OC(=O)[C@@H](N(C(=O)OC(C)(C)C)C(=O)OC(C)(C)C)CCC[C@@H]1OCC(=C)C. The van der Waals surface area contributed by atoms with Gasteiger partial charge >= 0.3 is 18.2 Å². The van der Waals surface area contributed by atoms with E-state index in [1.165, 1.54) is 0 Å². The molecule has 0 aromatic rings. The Hall–Kier alpha value is -2.39. The van der Waals surface area contributed by atoms with Crippen LogP contribution in [0.1, 0.15) is 81.6 Å². The molecule has 1 fully saturated rings. The fourth-order valence-corrected chi connectivity index (χ4v) is 3.52. The second kappa shape index (κ2) is 13.2. The highest BCUT2D eigenvalue weighted by Gasteiger charge is 2.43. The zero-order valence-electron chi connectivity index (χ0n) is 23.5. The second-order valence-electron chi connectivity index (χ2n) is 11.5. The number of hydrogen-bond donors (Lipinski definition) is 0. The number of hydrogen-bond acceptors (Lipinski definition) is 8. The average molecular weight is 512 g/mol. The lowest BCUT2D eigenvalue weighted by atomic mass is 10.0. The normalized spacial score (nSPS) is 23.4. The molecule has 1 aliphatic rings. The van der Waals surface area contributed by atoms with Crippen molar-refractivity contribution in [2.75, 3.05) is 13.2 Å². The summed E-state index contributed by atoms with van der Waals surface area (Å²) in [6.45, 7) is 23.8. The van der Waals surface area contributed by atoms with E-state index in [0.29, 0.717) is 19.4 Å². The van der Waals surface area contributed by atoms with Crippen LogP contribution in [0.15, 0.2) is 24.3 Å². The quantitative estimate of drug-likeness (QED) is 0.249. The van der Waals surface area contributed by atoms with Crippen LogP contribution in [0.4, 0.5) is 9.59 Å². The molecule has 0 aliphatic carbocycles. The molecule has 36 heavy (non-hydrogen) atoms. The molecular weight excluding hydrogens is 466 g/mol. The number of nitrogens with zero attached hydrogens (tertiary/aromatic N) is 1. The van der Waals surface area contributed by atoms with Gasteiger partial charge in [0.2, 0.25) is 0 Å². The predicted octanol–water partition coefficient (Wildman–Crippen LogP) is 5.57. The van der Waals surface area contributed by atoms with Gasteiger partial charge in [0.05, 0.1) is 19.3 Å². The lowest BCUT2D eigenvalue weighted by molar-refractivity contribution is -0.168. The molecule has 0 aromatic carbocycles. The molecule has 0 saturated carbocycles. The number of amides is 2. The number of carbonyl (C=O) groups is 3. The lowest BCUT2D eigenvalue weighted by Gasteiger charge is -2.33. The van der Waals surface area contributed by atoms with E-state index < -0.39 is 53.7 Å². The molecule has 0 radical (unpaired) electrons. The molecule has 1 rings (SSSR count). The van der Waals surface area contributed by atoms with Gasteiger partial charge in [-0.1, -0.05) is 24.3 Å². The van der Waals surface area contributed by atoms with E-state index in [4.69, 9.17) is 23.7 Å². The smallest absolute Gasteiger partial charge is 0.420 e. The van der Waals surface area contributed by atoms with Crippen molar-refractivity contribution in [3.63, 3.8) is 0 Å². The van der Waals surface area contributed by atoms with Crippen LogP contribution in [0.3, 0.4) is 0 Å². The van der Waals surface area contributed by atoms with Gasteiger partial charge in [0.25, 0.3) is 0 Å². The van der Waals surface area contributed by atoms with Gasteiger partial charge in [0, 0.05) is 0 Å².